The molecule has 0 saturated heterocycles. The summed E-state index contributed by atoms with van der Waals surface area (Å²) in [6, 6.07) is 8.18. The predicted molar refractivity (Wildman–Crippen MR) is 91.9 cm³/mol. The molecule has 0 bridgehead atoms. The van der Waals surface area contributed by atoms with Crippen LogP contribution in [-0.2, 0) is 0 Å². The van der Waals surface area contributed by atoms with E-state index in [1.54, 1.807) is 6.07 Å². The maximum absolute atomic E-state index is 8.68. The zero-order chi connectivity index (χ0) is 20.3. The van der Waals surface area contributed by atoms with Gasteiger partial charge in [0.15, 0.2) is 0 Å². The van der Waals surface area contributed by atoms with Gasteiger partial charge in [0.05, 0.1) is 9.60 Å². The number of fused-ring (bicyclic) bond motifs is 2. The first-order chi connectivity index (χ1) is 13.3. The maximum atomic E-state index is 8.68. The molecule has 0 unspecified atom stereocenters. The molecule has 0 aromatic heterocycles. The number of hydrogen-bond acceptors (Lipinski definition) is 0. The Kier molecular flexibility index (Phi) is 1.66. The van der Waals surface area contributed by atoms with Crippen LogP contribution < -0.4 is 0 Å². The van der Waals surface area contributed by atoms with Crippen molar-refractivity contribution in [1.82, 2.24) is 0 Å². The van der Waals surface area contributed by atoms with E-state index < -0.39 is 24.2 Å². The average Bonchev–Trinajstić information content (AvgIpc) is 2.69. The molecular formula is C20H13Cl. The molecule has 4 aromatic carbocycles. The summed E-state index contributed by atoms with van der Waals surface area (Å²) in [4.78, 5) is 0. The molecule has 0 spiro atoms. The second-order valence-corrected chi connectivity index (χ2v) is 5.05. The van der Waals surface area contributed by atoms with Gasteiger partial charge in [0.2, 0.25) is 0 Å². The molecule has 0 heterocycles. The fourth-order valence-electron chi connectivity index (χ4n) is 2.41. The molecule has 0 atom stereocenters. The van der Waals surface area contributed by atoms with E-state index >= 15 is 0 Å². The summed E-state index contributed by atoms with van der Waals surface area (Å²) in [5.74, 6) is 0. The first-order valence-corrected chi connectivity index (χ1v) is 6.80. The average molecular weight is 296 g/mol. The van der Waals surface area contributed by atoms with Crippen molar-refractivity contribution in [2.24, 2.45) is 0 Å². The summed E-state index contributed by atoms with van der Waals surface area (Å²) in [6.45, 7) is 0. The lowest BCUT2D eigenvalue weighted by atomic mass is 9.96. The number of benzene rings is 4. The molecule has 4 rings (SSSR count). The highest BCUT2D eigenvalue weighted by Crippen LogP contribution is 2.36. The molecule has 0 aliphatic carbocycles. The largest absolute Gasteiger partial charge is 0.0836 e. The molecule has 1 heteroatoms. The zero-order valence-electron chi connectivity index (χ0n) is 17.8. The molecule has 0 nitrogen and oxygen atoms in total. The number of rotatable bonds is 1. The van der Waals surface area contributed by atoms with Crippen molar-refractivity contribution in [2.45, 2.75) is 0 Å². The Balaban J connectivity index is 2.28. The summed E-state index contributed by atoms with van der Waals surface area (Å²) in [6.07, 6.45) is 0. The predicted octanol–water partition coefficient (Wildman–Crippen LogP) is 6.31. The molecule has 0 fully saturated rings. The molecule has 0 saturated carbocycles. The molecule has 0 aliphatic rings. The van der Waals surface area contributed by atoms with Gasteiger partial charge in [-0.05, 0) is 39.2 Å². The topological polar surface area (TPSA) is 0 Å². The van der Waals surface area contributed by atoms with Crippen LogP contribution in [-0.4, -0.2) is 0 Å². The van der Waals surface area contributed by atoms with Crippen molar-refractivity contribution in [3.05, 3.63) is 83.7 Å². The molecule has 21 heavy (non-hydrogen) atoms. The van der Waals surface area contributed by atoms with Crippen LogP contribution in [0.25, 0.3) is 32.7 Å². The van der Waals surface area contributed by atoms with Crippen LogP contribution in [0.5, 0.6) is 0 Å². The highest BCUT2D eigenvalue weighted by Gasteiger charge is 2.09. The normalized spacial score (nSPS) is 15.8. The van der Waals surface area contributed by atoms with Crippen LogP contribution in [0.1, 0.15) is 9.60 Å². The monoisotopic (exact) mass is 295 g/mol. The highest BCUT2D eigenvalue weighted by atomic mass is 35.5. The molecule has 0 amide bonds. The highest BCUT2D eigenvalue weighted by molar-refractivity contribution is 6.35. The van der Waals surface area contributed by atoms with Crippen LogP contribution in [0.3, 0.4) is 0 Å². The summed E-state index contributed by atoms with van der Waals surface area (Å²) in [5.41, 5.74) is 0.502. The fourth-order valence-corrected chi connectivity index (χ4v) is 2.66. The Hall–Kier alpha value is -2.31. The van der Waals surface area contributed by atoms with E-state index in [0.717, 1.165) is 5.39 Å². The second-order valence-electron chi connectivity index (χ2n) is 4.64. The van der Waals surface area contributed by atoms with Crippen molar-refractivity contribution in [1.29, 1.82) is 0 Å². The van der Waals surface area contributed by atoms with Gasteiger partial charge < -0.3 is 0 Å². The third kappa shape index (κ3) is 2.09. The van der Waals surface area contributed by atoms with E-state index in [1.807, 2.05) is 30.3 Å². The van der Waals surface area contributed by atoms with Crippen molar-refractivity contribution < 1.29 is 9.60 Å². The maximum Gasteiger partial charge on any atom is 0.0636 e. The van der Waals surface area contributed by atoms with Crippen LogP contribution in [0.2, 0.25) is 5.02 Å². The molecule has 100 valence electrons. The fraction of sp³-hybridized carbons (Fsp3) is 0. The summed E-state index contributed by atoms with van der Waals surface area (Å²) in [7, 11) is 0. The minimum Gasteiger partial charge on any atom is -0.0836 e. The third-order valence-corrected chi connectivity index (χ3v) is 3.69. The van der Waals surface area contributed by atoms with E-state index in [0.29, 0.717) is 16.0 Å². The minimum absolute atomic E-state index is 0.0778. The summed E-state index contributed by atoms with van der Waals surface area (Å²) >= 11 is 6.43. The standard InChI is InChI=1S/C20H13Cl/c21-19-12-11-15-6-3-4-8-18(15)20(19)17-10-9-14-5-1-2-7-16(14)13-17/h1-13H/i1D,2D,5D,7D,9D,10D,13D. The minimum atomic E-state index is -0.485. The first-order valence-electron chi connectivity index (χ1n) is 9.93. The van der Waals surface area contributed by atoms with Crippen LogP contribution in [0, 0.1) is 0 Å². The number of halogens is 1. The lowest BCUT2D eigenvalue weighted by Gasteiger charge is -2.10. The Morgan fingerprint density at radius 1 is 0.762 bits per heavy atom. The molecule has 4 aromatic rings. The lowest BCUT2D eigenvalue weighted by Crippen LogP contribution is -1.84. The smallest absolute Gasteiger partial charge is 0.0636 e. The zero-order valence-corrected chi connectivity index (χ0v) is 11.6. The van der Waals surface area contributed by atoms with Gasteiger partial charge in [-0.25, -0.2) is 0 Å². The second kappa shape index (κ2) is 4.91. The van der Waals surface area contributed by atoms with Gasteiger partial charge in [0, 0.05) is 10.6 Å². The number of hydrogen-bond donors (Lipinski definition) is 0. The van der Waals surface area contributed by atoms with Crippen LogP contribution >= 0.6 is 11.6 Å². The molecule has 0 aliphatic heterocycles. The van der Waals surface area contributed by atoms with Crippen LogP contribution in [0.15, 0.2) is 78.7 Å². The van der Waals surface area contributed by atoms with Crippen molar-refractivity contribution in [2.75, 3.05) is 0 Å². The third-order valence-electron chi connectivity index (χ3n) is 3.38. The van der Waals surface area contributed by atoms with E-state index in [-0.39, 0.29) is 34.5 Å². The van der Waals surface area contributed by atoms with Gasteiger partial charge in [-0.3, -0.25) is 0 Å². The van der Waals surface area contributed by atoms with Gasteiger partial charge >= 0.3 is 0 Å². The van der Waals surface area contributed by atoms with Gasteiger partial charge in [0.1, 0.15) is 0 Å². The molecule has 0 N–H and O–H groups in total. The Labute approximate surface area is 138 Å². The van der Waals surface area contributed by atoms with Gasteiger partial charge in [-0.1, -0.05) is 78.2 Å². The molecular weight excluding hydrogens is 276 g/mol. The quantitative estimate of drug-likeness (QED) is 0.386. The van der Waals surface area contributed by atoms with E-state index in [2.05, 4.69) is 0 Å². The Morgan fingerprint density at radius 2 is 1.57 bits per heavy atom. The van der Waals surface area contributed by atoms with Crippen LogP contribution in [0.4, 0.5) is 0 Å². The van der Waals surface area contributed by atoms with E-state index in [9.17, 15) is 0 Å². The van der Waals surface area contributed by atoms with Gasteiger partial charge in [0.25, 0.3) is 0 Å². The molecule has 0 radical (unpaired) electrons. The van der Waals surface area contributed by atoms with Crippen molar-refractivity contribution in [3.8, 4) is 11.1 Å². The van der Waals surface area contributed by atoms with Gasteiger partial charge in [-0.2, -0.15) is 0 Å². The Bertz CT molecular complexity index is 1300. The van der Waals surface area contributed by atoms with Gasteiger partial charge in [-0.15, -0.1) is 0 Å². The lowest BCUT2D eigenvalue weighted by molar-refractivity contribution is 1.68. The van der Waals surface area contributed by atoms with E-state index in [1.165, 1.54) is 0 Å². The summed E-state index contributed by atoms with van der Waals surface area (Å²) < 4.78 is 57.7. The summed E-state index contributed by atoms with van der Waals surface area (Å²) in [5, 5.41) is 1.66. The van der Waals surface area contributed by atoms with Crippen molar-refractivity contribution in [3.63, 3.8) is 0 Å². The Morgan fingerprint density at radius 3 is 2.48 bits per heavy atom. The first kappa shape index (κ1) is 7.11. The SMILES string of the molecule is [2H]c1c([2H])c([2H])c2c([2H])c(-c3c(Cl)ccc4ccccc34)c([2H])c([2H])c2c1[2H]. The van der Waals surface area contributed by atoms with Crippen molar-refractivity contribution >= 4 is 33.1 Å². The van der Waals surface area contributed by atoms with E-state index in [4.69, 9.17) is 21.2 Å².